The third-order valence-corrected chi connectivity index (χ3v) is 5.87. The van der Waals surface area contributed by atoms with E-state index in [1.54, 1.807) is 0 Å². The van der Waals surface area contributed by atoms with Gasteiger partial charge in [-0.2, -0.15) is 0 Å². The van der Waals surface area contributed by atoms with Crippen LogP contribution in [0.15, 0.2) is 12.7 Å². The number of fused-ring (bicyclic) bond motifs is 1. The van der Waals surface area contributed by atoms with Crippen LogP contribution in [0.1, 0.15) is 51.7 Å². The predicted octanol–water partition coefficient (Wildman–Crippen LogP) is -0.242. The molecule has 178 valence electrons. The highest BCUT2D eigenvalue weighted by Gasteiger charge is 2.45. The number of imidazole rings is 1. The summed E-state index contributed by atoms with van der Waals surface area (Å²) >= 11 is 0. The number of aromatic nitrogens is 4. The van der Waals surface area contributed by atoms with E-state index >= 15 is 0 Å². The molecule has 2 aromatic rings. The highest BCUT2D eigenvalue weighted by atomic mass is 16.6. The molecule has 1 fully saturated rings. The highest BCUT2D eigenvalue weighted by molar-refractivity contribution is 5.81. The topological polar surface area (TPSA) is 195 Å². The Balaban J connectivity index is 1.69. The number of nitrogen functional groups attached to an aromatic ring is 1. The van der Waals surface area contributed by atoms with Crippen molar-refractivity contribution in [2.75, 3.05) is 12.3 Å². The van der Waals surface area contributed by atoms with Crippen LogP contribution in [-0.4, -0.2) is 77.7 Å². The molecule has 0 aliphatic carbocycles. The molecule has 0 amide bonds. The number of aliphatic carboxylic acids is 1. The Bertz CT molecular complexity index is 894. The average Bonchev–Trinajstić information content (AvgIpc) is 3.31. The summed E-state index contributed by atoms with van der Waals surface area (Å²) in [6.45, 7) is 2.88. The fourth-order valence-corrected chi connectivity index (χ4v) is 3.98. The van der Waals surface area contributed by atoms with Gasteiger partial charge < -0.3 is 36.8 Å². The molecule has 6 atom stereocenters. The van der Waals surface area contributed by atoms with Crippen LogP contribution in [0.2, 0.25) is 0 Å². The summed E-state index contributed by atoms with van der Waals surface area (Å²) < 4.78 is 7.56. The predicted molar refractivity (Wildman–Crippen MR) is 116 cm³/mol. The number of aliphatic hydroxyl groups is 2. The van der Waals surface area contributed by atoms with Gasteiger partial charge in [-0.05, 0) is 32.2 Å². The maximum Gasteiger partial charge on any atom is 0.320 e. The second kappa shape index (κ2) is 11.0. The molecule has 12 nitrogen and oxygen atoms in total. The van der Waals surface area contributed by atoms with Gasteiger partial charge >= 0.3 is 5.97 Å². The Morgan fingerprint density at radius 1 is 1.25 bits per heavy atom. The molecule has 2 aromatic heterocycles. The smallest absolute Gasteiger partial charge is 0.320 e. The number of nitrogens with two attached hydrogens (primary N) is 2. The number of ether oxygens (including phenoxy) is 1. The summed E-state index contributed by atoms with van der Waals surface area (Å²) in [4.78, 5) is 23.3. The van der Waals surface area contributed by atoms with Crippen molar-refractivity contribution in [2.24, 2.45) is 5.73 Å². The quantitative estimate of drug-likeness (QED) is 0.233. The molecule has 0 unspecified atom stereocenters. The van der Waals surface area contributed by atoms with Gasteiger partial charge in [-0.15, -0.1) is 0 Å². The zero-order chi connectivity index (χ0) is 23.3. The molecule has 1 aliphatic heterocycles. The first kappa shape index (κ1) is 24.3. The third kappa shape index (κ3) is 5.51. The number of rotatable bonds is 12. The number of carboxylic acids is 1. The molecule has 12 heteroatoms. The molecule has 0 bridgehead atoms. The highest BCUT2D eigenvalue weighted by Crippen LogP contribution is 2.34. The normalized spacial score (nSPS) is 25.2. The Morgan fingerprint density at radius 2 is 2.03 bits per heavy atom. The maximum absolute atomic E-state index is 11.1. The molecular formula is C20H33N7O5. The van der Waals surface area contributed by atoms with E-state index in [0.717, 1.165) is 25.8 Å². The summed E-state index contributed by atoms with van der Waals surface area (Å²) in [6, 6.07) is -1.08. The number of nitrogens with one attached hydrogen (secondary N) is 1. The molecule has 0 saturated carbocycles. The van der Waals surface area contributed by atoms with E-state index in [1.165, 1.54) is 17.2 Å². The van der Waals surface area contributed by atoms with Crippen LogP contribution < -0.4 is 16.8 Å². The van der Waals surface area contributed by atoms with Crippen molar-refractivity contribution in [3.05, 3.63) is 12.7 Å². The van der Waals surface area contributed by atoms with Crippen molar-refractivity contribution in [2.45, 2.75) is 82.1 Å². The van der Waals surface area contributed by atoms with Crippen LogP contribution in [0.5, 0.6) is 0 Å². The van der Waals surface area contributed by atoms with E-state index in [9.17, 15) is 15.0 Å². The molecule has 0 aromatic carbocycles. The molecule has 32 heavy (non-hydrogen) atoms. The van der Waals surface area contributed by atoms with Gasteiger partial charge in [-0.25, -0.2) is 15.0 Å². The number of carboxylic acid groups (broad SMARTS) is 1. The van der Waals surface area contributed by atoms with E-state index in [4.69, 9.17) is 21.3 Å². The van der Waals surface area contributed by atoms with Crippen LogP contribution in [-0.2, 0) is 9.53 Å². The van der Waals surface area contributed by atoms with E-state index in [-0.39, 0.29) is 18.3 Å². The third-order valence-electron chi connectivity index (χ3n) is 5.87. The van der Waals surface area contributed by atoms with Crippen LogP contribution >= 0.6 is 0 Å². The van der Waals surface area contributed by atoms with Crippen molar-refractivity contribution in [1.82, 2.24) is 24.8 Å². The molecule has 3 rings (SSSR count). The molecule has 3 heterocycles. The van der Waals surface area contributed by atoms with E-state index in [0.29, 0.717) is 24.0 Å². The zero-order valence-electron chi connectivity index (χ0n) is 18.2. The monoisotopic (exact) mass is 451 g/mol. The molecule has 0 spiro atoms. The van der Waals surface area contributed by atoms with Crippen molar-refractivity contribution in [3.63, 3.8) is 0 Å². The first-order valence-corrected chi connectivity index (χ1v) is 11.0. The zero-order valence-corrected chi connectivity index (χ0v) is 18.2. The lowest BCUT2D eigenvalue weighted by Gasteiger charge is -2.24. The summed E-state index contributed by atoms with van der Waals surface area (Å²) in [5, 5.41) is 33.8. The first-order chi connectivity index (χ1) is 15.3. The molecule has 0 radical (unpaired) electrons. The largest absolute Gasteiger partial charge is 0.480 e. The summed E-state index contributed by atoms with van der Waals surface area (Å²) in [7, 11) is 0. The average molecular weight is 452 g/mol. The lowest BCUT2D eigenvalue weighted by molar-refractivity contribution is -0.138. The number of carbonyl (C=O) groups is 1. The van der Waals surface area contributed by atoms with Gasteiger partial charge in [0.2, 0.25) is 0 Å². The lowest BCUT2D eigenvalue weighted by Crippen LogP contribution is -2.40. The van der Waals surface area contributed by atoms with Crippen molar-refractivity contribution < 1.29 is 24.9 Å². The number of nitrogens with zero attached hydrogens (tertiary/aromatic N) is 4. The van der Waals surface area contributed by atoms with Crippen LogP contribution in [0, 0.1) is 0 Å². The number of unbranched alkanes of at least 4 members (excludes halogenated alkanes) is 2. The molecule has 1 aliphatic rings. The second-order valence-electron chi connectivity index (χ2n) is 8.25. The van der Waals surface area contributed by atoms with Gasteiger partial charge in [0, 0.05) is 6.04 Å². The SMILES string of the molecule is CCCCCN[C@@H](CC[C@H](N)C(=O)O)C[C@H]1O[C@@H](n2cnc3c(N)ncnc32)[C@H](O)[C@@H]1O. The molecule has 8 N–H and O–H groups in total. The number of hydrogen-bond acceptors (Lipinski definition) is 10. The minimum absolute atomic E-state index is 0.125. The standard InChI is InChI=1S/C20H33N7O5/c1-2-3-4-7-23-11(5-6-12(21)20(30)31)8-13-15(28)16(29)19(32-13)27-10-26-14-17(22)24-9-25-18(14)27/h9-13,15-16,19,23,28-29H,2-8,21H2,1H3,(H,30,31)(H2,22,24,25)/t11-,12-,13+,15+,16+,19+/m0/s1. The summed E-state index contributed by atoms with van der Waals surface area (Å²) in [6.07, 6.45) is 3.18. The van der Waals surface area contributed by atoms with Gasteiger partial charge in [0.05, 0.1) is 12.4 Å². The Morgan fingerprint density at radius 3 is 2.75 bits per heavy atom. The minimum atomic E-state index is -1.20. The van der Waals surface area contributed by atoms with Crippen molar-refractivity contribution in [1.29, 1.82) is 0 Å². The van der Waals surface area contributed by atoms with Gasteiger partial charge in [0.1, 0.15) is 30.1 Å². The van der Waals surface area contributed by atoms with E-state index in [1.807, 2.05) is 0 Å². The number of hydrogen-bond donors (Lipinski definition) is 6. The Labute approximate surface area is 186 Å². The van der Waals surface area contributed by atoms with Gasteiger partial charge in [0.25, 0.3) is 0 Å². The minimum Gasteiger partial charge on any atom is -0.480 e. The van der Waals surface area contributed by atoms with Gasteiger partial charge in [-0.3, -0.25) is 9.36 Å². The van der Waals surface area contributed by atoms with E-state index in [2.05, 4.69) is 27.2 Å². The van der Waals surface area contributed by atoms with Gasteiger partial charge in [-0.1, -0.05) is 19.8 Å². The Kier molecular flexibility index (Phi) is 8.32. The maximum atomic E-state index is 11.1. The van der Waals surface area contributed by atoms with Crippen LogP contribution in [0.4, 0.5) is 5.82 Å². The van der Waals surface area contributed by atoms with Crippen LogP contribution in [0.3, 0.4) is 0 Å². The van der Waals surface area contributed by atoms with E-state index < -0.39 is 36.6 Å². The lowest BCUT2D eigenvalue weighted by atomic mass is 9.97. The first-order valence-electron chi connectivity index (χ1n) is 11.0. The fourth-order valence-electron chi connectivity index (χ4n) is 3.98. The van der Waals surface area contributed by atoms with Crippen molar-refractivity contribution in [3.8, 4) is 0 Å². The summed E-state index contributed by atoms with van der Waals surface area (Å²) in [5.74, 6) is -0.833. The molecular weight excluding hydrogens is 418 g/mol. The summed E-state index contributed by atoms with van der Waals surface area (Å²) in [5.41, 5.74) is 12.3. The molecule has 1 saturated heterocycles. The number of anilines is 1. The second-order valence-corrected chi connectivity index (χ2v) is 8.25. The van der Waals surface area contributed by atoms with Crippen LogP contribution in [0.25, 0.3) is 11.2 Å². The fraction of sp³-hybridized carbons (Fsp3) is 0.700. The van der Waals surface area contributed by atoms with Gasteiger partial charge in [0.15, 0.2) is 17.7 Å². The number of aliphatic hydroxyl groups excluding tert-OH is 2. The Hall–Kier alpha value is -2.38. The van der Waals surface area contributed by atoms with Crippen molar-refractivity contribution >= 4 is 23.0 Å².